The normalized spacial score (nSPS) is 17.2. The van der Waals surface area contributed by atoms with E-state index in [1.165, 1.54) is 23.3 Å². The fourth-order valence-electron chi connectivity index (χ4n) is 4.33. The van der Waals surface area contributed by atoms with Gasteiger partial charge < -0.3 is 15.5 Å². The number of benzene rings is 3. The second-order valence-corrected chi connectivity index (χ2v) is 8.84. The van der Waals surface area contributed by atoms with Crippen LogP contribution in [0.1, 0.15) is 18.1 Å². The number of fused-ring (bicyclic) bond motifs is 1. The molecule has 5 nitrogen and oxygen atoms in total. The van der Waals surface area contributed by atoms with E-state index in [9.17, 15) is 9.59 Å². The molecule has 3 aromatic carbocycles. The number of halogens is 1. The maximum Gasteiger partial charge on any atom is 0.245 e. The van der Waals surface area contributed by atoms with Crippen LogP contribution in [0.4, 0.5) is 0 Å². The number of carbonyl (C=O) groups is 2. The summed E-state index contributed by atoms with van der Waals surface area (Å²) in [5, 5.41) is 9.48. The monoisotopic (exact) mass is 449 g/mol. The Morgan fingerprint density at radius 3 is 2.53 bits per heavy atom. The molecule has 2 atom stereocenters. The zero-order valence-corrected chi connectivity index (χ0v) is 18.9. The molecule has 1 fully saturated rings. The van der Waals surface area contributed by atoms with Crippen molar-refractivity contribution in [3.05, 3.63) is 82.9 Å². The van der Waals surface area contributed by atoms with Crippen LogP contribution >= 0.6 is 11.6 Å². The van der Waals surface area contributed by atoms with Gasteiger partial charge in [-0.1, -0.05) is 66.2 Å². The fraction of sp³-hybridized carbons (Fsp3) is 0.308. The van der Waals surface area contributed by atoms with Gasteiger partial charge in [0.2, 0.25) is 11.8 Å². The van der Waals surface area contributed by atoms with Crippen LogP contribution in [0.5, 0.6) is 0 Å². The lowest BCUT2D eigenvalue weighted by Gasteiger charge is -2.36. The van der Waals surface area contributed by atoms with E-state index in [-0.39, 0.29) is 17.9 Å². The lowest BCUT2D eigenvalue weighted by molar-refractivity contribution is -0.137. The molecule has 1 heterocycles. The number of nitrogens with one attached hydrogen (secondary N) is 2. The van der Waals surface area contributed by atoms with Crippen LogP contribution in [0.25, 0.3) is 10.8 Å². The van der Waals surface area contributed by atoms with Crippen LogP contribution in [0.15, 0.2) is 66.7 Å². The SMILES string of the molecule is CC(=O)NC(Cc1ccc(Cl)cc1)C(=O)N1CCNC(Cc2ccc3ccccc3c2)C1. The quantitative estimate of drug-likeness (QED) is 0.604. The number of rotatable bonds is 6. The van der Waals surface area contributed by atoms with E-state index in [0.717, 1.165) is 18.5 Å². The topological polar surface area (TPSA) is 61.4 Å². The highest BCUT2D eigenvalue weighted by molar-refractivity contribution is 6.30. The van der Waals surface area contributed by atoms with E-state index in [1.54, 1.807) is 12.1 Å². The molecule has 0 aliphatic carbocycles. The van der Waals surface area contributed by atoms with Gasteiger partial charge in [0.1, 0.15) is 6.04 Å². The predicted molar refractivity (Wildman–Crippen MR) is 129 cm³/mol. The van der Waals surface area contributed by atoms with Crippen molar-refractivity contribution in [2.24, 2.45) is 0 Å². The number of hydrogen-bond donors (Lipinski definition) is 2. The average molecular weight is 450 g/mol. The van der Waals surface area contributed by atoms with Crippen LogP contribution in [0, 0.1) is 0 Å². The number of nitrogens with zero attached hydrogens (tertiary/aromatic N) is 1. The van der Waals surface area contributed by atoms with Crippen LogP contribution < -0.4 is 10.6 Å². The molecule has 1 aliphatic rings. The van der Waals surface area contributed by atoms with E-state index >= 15 is 0 Å². The molecule has 6 heteroatoms. The second-order valence-electron chi connectivity index (χ2n) is 8.40. The van der Waals surface area contributed by atoms with E-state index in [4.69, 9.17) is 11.6 Å². The second kappa shape index (κ2) is 10.2. The largest absolute Gasteiger partial charge is 0.344 e. The Morgan fingerprint density at radius 1 is 1.06 bits per heavy atom. The first kappa shape index (κ1) is 22.3. The Balaban J connectivity index is 1.44. The molecule has 3 aromatic rings. The van der Waals surface area contributed by atoms with Crippen molar-refractivity contribution in [3.8, 4) is 0 Å². The highest BCUT2D eigenvalue weighted by atomic mass is 35.5. The summed E-state index contributed by atoms with van der Waals surface area (Å²) < 4.78 is 0. The lowest BCUT2D eigenvalue weighted by Crippen LogP contribution is -2.58. The summed E-state index contributed by atoms with van der Waals surface area (Å²) in [4.78, 5) is 27.0. The Bertz CT molecular complexity index is 1100. The molecule has 166 valence electrons. The molecule has 0 bridgehead atoms. The third-order valence-electron chi connectivity index (χ3n) is 5.89. The molecule has 2 unspecified atom stereocenters. The van der Waals surface area contributed by atoms with Crippen LogP contribution in [0.3, 0.4) is 0 Å². The molecule has 32 heavy (non-hydrogen) atoms. The molecule has 1 saturated heterocycles. The van der Waals surface area contributed by atoms with Crippen molar-refractivity contribution < 1.29 is 9.59 Å². The summed E-state index contributed by atoms with van der Waals surface area (Å²) in [5.41, 5.74) is 2.21. The van der Waals surface area contributed by atoms with E-state index in [1.807, 2.05) is 29.2 Å². The van der Waals surface area contributed by atoms with Crippen molar-refractivity contribution in [3.63, 3.8) is 0 Å². The molecule has 2 N–H and O–H groups in total. The molecule has 0 saturated carbocycles. The first-order chi connectivity index (χ1) is 15.5. The van der Waals surface area contributed by atoms with Gasteiger partial charge in [0, 0.05) is 44.0 Å². The van der Waals surface area contributed by atoms with Crippen LogP contribution in [0.2, 0.25) is 5.02 Å². The van der Waals surface area contributed by atoms with Crippen LogP contribution in [-0.4, -0.2) is 48.4 Å². The van der Waals surface area contributed by atoms with E-state index in [0.29, 0.717) is 24.5 Å². The number of carbonyl (C=O) groups excluding carboxylic acids is 2. The Kier molecular flexibility index (Phi) is 7.08. The zero-order chi connectivity index (χ0) is 22.5. The first-order valence-corrected chi connectivity index (χ1v) is 11.4. The minimum absolute atomic E-state index is 0.0415. The fourth-order valence-corrected chi connectivity index (χ4v) is 4.46. The van der Waals surface area contributed by atoms with Crippen molar-refractivity contribution in [1.29, 1.82) is 0 Å². The molecule has 1 aliphatic heterocycles. The van der Waals surface area contributed by atoms with Gasteiger partial charge in [0.05, 0.1) is 0 Å². The van der Waals surface area contributed by atoms with Gasteiger partial charge in [-0.3, -0.25) is 9.59 Å². The molecule has 0 radical (unpaired) electrons. The third-order valence-corrected chi connectivity index (χ3v) is 6.14. The summed E-state index contributed by atoms with van der Waals surface area (Å²) in [5.74, 6) is -0.250. The molecule has 0 spiro atoms. The highest BCUT2D eigenvalue weighted by Gasteiger charge is 2.29. The summed E-state index contributed by atoms with van der Waals surface area (Å²) in [6.45, 7) is 3.42. The first-order valence-electron chi connectivity index (χ1n) is 11.0. The number of piperazine rings is 1. The molecular weight excluding hydrogens is 422 g/mol. The average Bonchev–Trinajstić information content (AvgIpc) is 2.79. The van der Waals surface area contributed by atoms with Gasteiger partial charge in [-0.15, -0.1) is 0 Å². The van der Waals surface area contributed by atoms with Crippen molar-refractivity contribution in [1.82, 2.24) is 15.5 Å². The Morgan fingerprint density at radius 2 is 1.78 bits per heavy atom. The summed E-state index contributed by atoms with van der Waals surface area (Å²) >= 11 is 5.98. The standard InChI is InChI=1S/C26H28ClN3O2/c1-18(31)29-25(16-19-7-10-23(27)11-8-19)26(32)30-13-12-28-24(17-30)15-20-6-9-21-4-2-3-5-22(21)14-20/h2-11,14,24-25,28H,12-13,15-17H2,1H3,(H,29,31). The van der Waals surface area contributed by atoms with Gasteiger partial charge >= 0.3 is 0 Å². The number of amides is 2. The minimum atomic E-state index is -0.590. The van der Waals surface area contributed by atoms with Crippen molar-refractivity contribution in [2.45, 2.75) is 31.8 Å². The summed E-state index contributed by atoms with van der Waals surface area (Å²) in [7, 11) is 0. The third kappa shape index (κ3) is 5.67. The van der Waals surface area contributed by atoms with Gasteiger partial charge in [-0.25, -0.2) is 0 Å². The van der Waals surface area contributed by atoms with Gasteiger partial charge in [0.15, 0.2) is 0 Å². The van der Waals surface area contributed by atoms with Crippen molar-refractivity contribution in [2.75, 3.05) is 19.6 Å². The highest BCUT2D eigenvalue weighted by Crippen LogP contribution is 2.18. The van der Waals surface area contributed by atoms with Crippen molar-refractivity contribution >= 4 is 34.2 Å². The summed E-state index contributed by atoms with van der Waals surface area (Å²) in [6.07, 6.45) is 1.28. The van der Waals surface area contributed by atoms with Gasteiger partial charge in [-0.2, -0.15) is 0 Å². The lowest BCUT2D eigenvalue weighted by atomic mass is 9.99. The Labute approximate surface area is 193 Å². The molecule has 4 rings (SSSR count). The molecular formula is C26H28ClN3O2. The molecule has 2 amide bonds. The maximum absolute atomic E-state index is 13.3. The van der Waals surface area contributed by atoms with Gasteiger partial charge in [-0.05, 0) is 40.5 Å². The van der Waals surface area contributed by atoms with E-state index < -0.39 is 6.04 Å². The Hall–Kier alpha value is -2.89. The minimum Gasteiger partial charge on any atom is -0.344 e. The number of hydrogen-bond acceptors (Lipinski definition) is 3. The smallest absolute Gasteiger partial charge is 0.245 e. The summed E-state index contributed by atoms with van der Waals surface area (Å²) in [6, 6.07) is 21.8. The van der Waals surface area contributed by atoms with Crippen LogP contribution in [-0.2, 0) is 22.4 Å². The maximum atomic E-state index is 13.3. The van der Waals surface area contributed by atoms with E-state index in [2.05, 4.69) is 41.0 Å². The molecule has 0 aromatic heterocycles. The zero-order valence-electron chi connectivity index (χ0n) is 18.2. The predicted octanol–water partition coefficient (Wildman–Crippen LogP) is 3.58. The van der Waals surface area contributed by atoms with Gasteiger partial charge in [0.25, 0.3) is 0 Å².